The molecule has 2 aliphatic carbocycles. The number of aliphatic carboxylic acids is 1. The van der Waals surface area contributed by atoms with Crippen molar-refractivity contribution in [1.29, 1.82) is 0 Å². The SMILES string of the molecule is CCCC[C@H]1CCCN1C(=O)[C@@H]1CCC[C@H](c2cccc(N3NCC(C(=O)O)C3C3CC3)c2)C1. The fourth-order valence-electron chi connectivity index (χ4n) is 6.82. The van der Waals surface area contributed by atoms with E-state index in [1.54, 1.807) is 0 Å². The van der Waals surface area contributed by atoms with Crippen LogP contribution in [0.15, 0.2) is 24.3 Å². The van der Waals surface area contributed by atoms with Crippen molar-refractivity contribution in [2.45, 2.75) is 95.6 Å². The van der Waals surface area contributed by atoms with E-state index in [9.17, 15) is 14.7 Å². The zero-order valence-corrected chi connectivity index (χ0v) is 20.6. The van der Waals surface area contributed by atoms with Gasteiger partial charge in [0.1, 0.15) is 0 Å². The van der Waals surface area contributed by atoms with Gasteiger partial charge in [0.15, 0.2) is 0 Å². The van der Waals surface area contributed by atoms with Crippen LogP contribution < -0.4 is 10.4 Å². The summed E-state index contributed by atoms with van der Waals surface area (Å²) in [6.07, 6.45) is 12.3. The first-order chi connectivity index (χ1) is 16.6. The molecule has 2 heterocycles. The maximum absolute atomic E-state index is 13.5. The molecule has 4 fully saturated rings. The van der Waals surface area contributed by atoms with Crippen LogP contribution in [0.5, 0.6) is 0 Å². The molecule has 0 bridgehead atoms. The van der Waals surface area contributed by atoms with Gasteiger partial charge in [-0.05, 0) is 80.9 Å². The lowest BCUT2D eigenvalue weighted by Crippen LogP contribution is -2.41. The Morgan fingerprint density at radius 3 is 2.74 bits per heavy atom. The number of carboxylic acid groups (broad SMARTS) is 1. The molecule has 0 spiro atoms. The number of hydrazine groups is 1. The Hall–Kier alpha value is -2.08. The average molecular weight is 468 g/mol. The van der Waals surface area contributed by atoms with Gasteiger partial charge in [-0.15, -0.1) is 0 Å². The smallest absolute Gasteiger partial charge is 0.310 e. The summed E-state index contributed by atoms with van der Waals surface area (Å²) in [5.41, 5.74) is 5.76. The molecule has 1 aromatic rings. The van der Waals surface area contributed by atoms with E-state index in [-0.39, 0.29) is 17.9 Å². The average Bonchev–Trinajstić information content (AvgIpc) is 3.42. The molecule has 34 heavy (non-hydrogen) atoms. The fourth-order valence-corrected chi connectivity index (χ4v) is 6.82. The number of benzene rings is 1. The van der Waals surface area contributed by atoms with Gasteiger partial charge in [-0.3, -0.25) is 9.59 Å². The van der Waals surface area contributed by atoms with Crippen LogP contribution in [-0.2, 0) is 9.59 Å². The normalized spacial score (nSPS) is 31.7. The summed E-state index contributed by atoms with van der Waals surface area (Å²) >= 11 is 0. The Morgan fingerprint density at radius 2 is 1.97 bits per heavy atom. The molecule has 2 aliphatic heterocycles. The van der Waals surface area contributed by atoms with Crippen molar-refractivity contribution in [2.24, 2.45) is 17.8 Å². The first-order valence-corrected chi connectivity index (χ1v) is 13.7. The van der Waals surface area contributed by atoms with E-state index in [0.29, 0.717) is 30.3 Å². The van der Waals surface area contributed by atoms with Crippen LogP contribution in [0.2, 0.25) is 0 Å². The van der Waals surface area contributed by atoms with Gasteiger partial charge in [-0.25, -0.2) is 5.43 Å². The Bertz CT molecular complexity index is 885. The zero-order valence-electron chi connectivity index (χ0n) is 20.6. The lowest BCUT2D eigenvalue weighted by atomic mass is 9.77. The third-order valence-corrected chi connectivity index (χ3v) is 8.81. The van der Waals surface area contributed by atoms with E-state index < -0.39 is 5.97 Å². The monoisotopic (exact) mass is 467 g/mol. The van der Waals surface area contributed by atoms with Crippen LogP contribution in [-0.4, -0.2) is 47.1 Å². The van der Waals surface area contributed by atoms with Crippen LogP contribution >= 0.6 is 0 Å². The molecule has 4 aliphatic rings. The summed E-state index contributed by atoms with van der Waals surface area (Å²) in [5, 5.41) is 11.9. The molecular weight excluding hydrogens is 426 g/mol. The standard InChI is InChI=1S/C28H41N3O3/c1-2-3-10-23-12-6-15-30(23)27(32)22-9-4-7-20(16-22)21-8-5-11-24(17-21)31-26(19-13-14-19)25(18-29-31)28(33)34/h5,8,11,17,19-20,22-23,25-26,29H,2-4,6-7,9-10,12-16,18H2,1H3,(H,33,34)/t20-,22+,23-,25?,26?/m0/s1. The minimum absolute atomic E-state index is 0.0312. The number of amides is 1. The maximum atomic E-state index is 13.5. The number of carbonyl (C=O) groups excluding carboxylic acids is 1. The van der Waals surface area contributed by atoms with E-state index in [4.69, 9.17) is 0 Å². The van der Waals surface area contributed by atoms with Gasteiger partial charge in [0.25, 0.3) is 0 Å². The highest BCUT2D eigenvalue weighted by molar-refractivity contribution is 5.79. The summed E-state index contributed by atoms with van der Waals surface area (Å²) in [4.78, 5) is 27.5. The maximum Gasteiger partial charge on any atom is 0.310 e. The second-order valence-electron chi connectivity index (χ2n) is 11.1. The van der Waals surface area contributed by atoms with Crippen LogP contribution in [0.25, 0.3) is 0 Å². The number of hydrogen-bond donors (Lipinski definition) is 2. The highest BCUT2D eigenvalue weighted by atomic mass is 16.4. The van der Waals surface area contributed by atoms with Gasteiger partial charge in [0.05, 0.1) is 17.6 Å². The van der Waals surface area contributed by atoms with Crippen molar-refractivity contribution in [3.05, 3.63) is 29.8 Å². The molecule has 0 radical (unpaired) electrons. The van der Waals surface area contributed by atoms with E-state index >= 15 is 0 Å². The summed E-state index contributed by atoms with van der Waals surface area (Å²) in [6.45, 7) is 3.67. The molecule has 1 amide bonds. The van der Waals surface area contributed by atoms with E-state index in [0.717, 1.165) is 63.6 Å². The summed E-state index contributed by atoms with van der Waals surface area (Å²) in [6, 6.07) is 9.16. The topological polar surface area (TPSA) is 72.9 Å². The lowest BCUT2D eigenvalue weighted by molar-refractivity contribution is -0.141. The van der Waals surface area contributed by atoms with Crippen molar-refractivity contribution in [3.8, 4) is 0 Å². The van der Waals surface area contributed by atoms with Crippen LogP contribution in [0.4, 0.5) is 5.69 Å². The summed E-state index contributed by atoms with van der Waals surface area (Å²) in [5.74, 6) is 0.364. The quantitative estimate of drug-likeness (QED) is 0.566. The second kappa shape index (κ2) is 10.3. The van der Waals surface area contributed by atoms with Crippen LogP contribution in [0, 0.1) is 17.8 Å². The van der Waals surface area contributed by atoms with Gasteiger partial charge in [0.2, 0.25) is 5.91 Å². The minimum Gasteiger partial charge on any atom is -0.481 e. The lowest BCUT2D eigenvalue weighted by Gasteiger charge is -2.34. The van der Waals surface area contributed by atoms with Gasteiger partial charge in [-0.1, -0.05) is 38.3 Å². The van der Waals surface area contributed by atoms with Crippen molar-refractivity contribution >= 4 is 17.6 Å². The number of nitrogens with zero attached hydrogens (tertiary/aromatic N) is 2. The molecule has 6 nitrogen and oxygen atoms in total. The van der Waals surface area contributed by atoms with Crippen molar-refractivity contribution in [1.82, 2.24) is 10.3 Å². The molecule has 186 valence electrons. The summed E-state index contributed by atoms with van der Waals surface area (Å²) in [7, 11) is 0. The molecule has 1 aromatic carbocycles. The second-order valence-corrected chi connectivity index (χ2v) is 11.1. The van der Waals surface area contributed by atoms with Crippen LogP contribution in [0.1, 0.15) is 89.0 Å². The van der Waals surface area contributed by atoms with Gasteiger partial charge < -0.3 is 15.0 Å². The molecule has 6 heteroatoms. The molecule has 2 unspecified atom stereocenters. The number of rotatable bonds is 8. The minimum atomic E-state index is -0.698. The van der Waals surface area contributed by atoms with Crippen molar-refractivity contribution in [3.63, 3.8) is 0 Å². The predicted octanol–water partition coefficient (Wildman–Crippen LogP) is 4.95. The van der Waals surface area contributed by atoms with Gasteiger partial charge in [-0.2, -0.15) is 0 Å². The van der Waals surface area contributed by atoms with Crippen molar-refractivity contribution in [2.75, 3.05) is 18.1 Å². The molecule has 2 N–H and O–H groups in total. The fraction of sp³-hybridized carbons (Fsp3) is 0.714. The van der Waals surface area contributed by atoms with Crippen molar-refractivity contribution < 1.29 is 14.7 Å². The van der Waals surface area contributed by atoms with E-state index in [1.165, 1.54) is 24.8 Å². The van der Waals surface area contributed by atoms with Gasteiger partial charge >= 0.3 is 5.97 Å². The zero-order chi connectivity index (χ0) is 23.7. The molecule has 2 saturated heterocycles. The number of unbranched alkanes of at least 4 members (excludes halogenated alkanes) is 1. The Kier molecular flexibility index (Phi) is 7.14. The number of carbonyl (C=O) groups is 2. The molecular formula is C28H41N3O3. The number of hydrogen-bond acceptors (Lipinski definition) is 4. The first kappa shape index (κ1) is 23.7. The number of anilines is 1. The Balaban J connectivity index is 1.28. The highest BCUT2D eigenvalue weighted by Crippen LogP contribution is 2.43. The number of likely N-dealkylation sites (tertiary alicyclic amines) is 1. The Labute approximate surface area is 204 Å². The van der Waals surface area contributed by atoms with E-state index in [1.807, 2.05) is 0 Å². The third-order valence-electron chi connectivity index (χ3n) is 8.81. The third kappa shape index (κ3) is 4.84. The number of nitrogens with one attached hydrogen (secondary N) is 1. The molecule has 2 saturated carbocycles. The number of carboxylic acids is 1. The highest BCUT2D eigenvalue weighted by Gasteiger charge is 2.47. The predicted molar refractivity (Wildman–Crippen MR) is 134 cm³/mol. The Morgan fingerprint density at radius 1 is 1.12 bits per heavy atom. The van der Waals surface area contributed by atoms with E-state index in [2.05, 4.69) is 46.5 Å². The molecule has 5 atom stereocenters. The molecule has 5 rings (SSSR count). The largest absolute Gasteiger partial charge is 0.481 e. The first-order valence-electron chi connectivity index (χ1n) is 13.7. The van der Waals surface area contributed by atoms with Gasteiger partial charge in [0, 0.05) is 25.0 Å². The summed E-state index contributed by atoms with van der Waals surface area (Å²) < 4.78 is 0. The molecule has 0 aromatic heterocycles. The van der Waals surface area contributed by atoms with Crippen LogP contribution in [0.3, 0.4) is 0 Å².